The van der Waals surface area contributed by atoms with Crippen LogP contribution in [0.15, 0.2) is 54.7 Å². The Morgan fingerprint density at radius 2 is 1.75 bits per heavy atom. The number of aryl methyl sites for hydroxylation is 2. The Balaban J connectivity index is 1.64. The monoisotopic (exact) mass is 379 g/mol. The van der Waals surface area contributed by atoms with Gasteiger partial charge in [0.05, 0.1) is 19.9 Å². The molecule has 1 aromatic heterocycles. The quantitative estimate of drug-likeness (QED) is 0.675. The molecule has 1 amide bonds. The maximum Gasteiger partial charge on any atom is 0.266 e. The Morgan fingerprint density at radius 3 is 2.39 bits per heavy atom. The van der Waals surface area contributed by atoms with Crippen molar-refractivity contribution in [3.63, 3.8) is 0 Å². The van der Waals surface area contributed by atoms with E-state index in [0.29, 0.717) is 18.1 Å². The largest absolute Gasteiger partial charge is 0.497 e. The number of carbonyl (C=O) groups is 1. The van der Waals surface area contributed by atoms with Crippen LogP contribution in [-0.2, 0) is 11.3 Å². The number of aromatic nitrogens is 2. The SMILES string of the molecule is COc1ccc(Cn2nccc2NC(=O)C(C)Oc2cc(C)cc(C)c2)cc1. The highest BCUT2D eigenvalue weighted by Crippen LogP contribution is 2.19. The number of benzene rings is 2. The number of rotatable bonds is 7. The number of anilines is 1. The standard InChI is InChI=1S/C22H25N3O3/c1-15-11-16(2)13-20(12-15)28-17(3)22(26)24-21-9-10-23-25(21)14-18-5-7-19(27-4)8-6-18/h5-13,17H,14H2,1-4H3,(H,24,26). The van der Waals surface area contributed by atoms with Crippen LogP contribution in [0.25, 0.3) is 0 Å². The van der Waals surface area contributed by atoms with Gasteiger partial charge in [-0.2, -0.15) is 5.10 Å². The molecule has 0 bridgehead atoms. The van der Waals surface area contributed by atoms with Crippen molar-refractivity contribution in [1.82, 2.24) is 9.78 Å². The first-order valence-electron chi connectivity index (χ1n) is 9.15. The number of nitrogens with zero attached hydrogens (tertiary/aromatic N) is 2. The Kier molecular flexibility index (Phi) is 5.99. The topological polar surface area (TPSA) is 65.4 Å². The van der Waals surface area contributed by atoms with E-state index >= 15 is 0 Å². The van der Waals surface area contributed by atoms with E-state index in [0.717, 1.165) is 22.4 Å². The number of nitrogens with one attached hydrogen (secondary N) is 1. The van der Waals surface area contributed by atoms with E-state index in [1.54, 1.807) is 31.0 Å². The first-order valence-corrected chi connectivity index (χ1v) is 9.15. The summed E-state index contributed by atoms with van der Waals surface area (Å²) < 4.78 is 12.7. The smallest absolute Gasteiger partial charge is 0.266 e. The van der Waals surface area contributed by atoms with E-state index in [1.807, 2.05) is 50.2 Å². The van der Waals surface area contributed by atoms with Gasteiger partial charge in [-0.05, 0) is 61.7 Å². The van der Waals surface area contributed by atoms with E-state index in [4.69, 9.17) is 9.47 Å². The molecule has 3 rings (SSSR count). The molecule has 0 fully saturated rings. The molecule has 3 aromatic rings. The summed E-state index contributed by atoms with van der Waals surface area (Å²) >= 11 is 0. The van der Waals surface area contributed by atoms with Crippen LogP contribution in [0.5, 0.6) is 11.5 Å². The Labute approximate surface area is 165 Å². The third-order valence-corrected chi connectivity index (χ3v) is 4.34. The van der Waals surface area contributed by atoms with Crippen LogP contribution >= 0.6 is 0 Å². The van der Waals surface area contributed by atoms with E-state index in [1.165, 1.54) is 0 Å². The fraction of sp³-hybridized carbons (Fsp3) is 0.273. The molecule has 0 aliphatic carbocycles. The Hall–Kier alpha value is -3.28. The van der Waals surface area contributed by atoms with Crippen LogP contribution < -0.4 is 14.8 Å². The number of hydrogen-bond donors (Lipinski definition) is 1. The molecule has 0 radical (unpaired) electrons. The highest BCUT2D eigenvalue weighted by Gasteiger charge is 2.17. The van der Waals surface area contributed by atoms with Gasteiger partial charge in [-0.3, -0.25) is 4.79 Å². The maximum atomic E-state index is 12.6. The molecular formula is C22H25N3O3. The van der Waals surface area contributed by atoms with Crippen molar-refractivity contribution < 1.29 is 14.3 Å². The summed E-state index contributed by atoms with van der Waals surface area (Å²) in [5.74, 6) is 1.88. The van der Waals surface area contributed by atoms with Crippen LogP contribution in [0.3, 0.4) is 0 Å². The molecule has 0 saturated heterocycles. The van der Waals surface area contributed by atoms with Gasteiger partial charge in [0.15, 0.2) is 6.10 Å². The summed E-state index contributed by atoms with van der Waals surface area (Å²) in [7, 11) is 1.64. The second-order valence-electron chi connectivity index (χ2n) is 6.79. The molecule has 0 spiro atoms. The lowest BCUT2D eigenvalue weighted by atomic mass is 10.1. The molecule has 0 saturated carbocycles. The molecule has 1 heterocycles. The molecular weight excluding hydrogens is 354 g/mol. The summed E-state index contributed by atoms with van der Waals surface area (Å²) in [6, 6.07) is 15.4. The number of amides is 1. The lowest BCUT2D eigenvalue weighted by Crippen LogP contribution is -2.31. The molecule has 1 atom stereocenters. The van der Waals surface area contributed by atoms with E-state index in [2.05, 4.69) is 16.5 Å². The first kappa shape index (κ1) is 19.5. The van der Waals surface area contributed by atoms with Crippen LogP contribution in [0, 0.1) is 13.8 Å². The number of methoxy groups -OCH3 is 1. The molecule has 146 valence electrons. The van der Waals surface area contributed by atoms with E-state index in [9.17, 15) is 4.79 Å². The van der Waals surface area contributed by atoms with Crippen LogP contribution in [0.1, 0.15) is 23.6 Å². The zero-order valence-corrected chi connectivity index (χ0v) is 16.6. The Bertz CT molecular complexity index is 928. The van der Waals surface area contributed by atoms with Crippen molar-refractivity contribution in [2.45, 2.75) is 33.4 Å². The molecule has 6 heteroatoms. The van der Waals surface area contributed by atoms with Gasteiger partial charge in [0.25, 0.3) is 5.91 Å². The van der Waals surface area contributed by atoms with Crippen LogP contribution in [0.2, 0.25) is 0 Å². The lowest BCUT2D eigenvalue weighted by Gasteiger charge is -2.16. The minimum absolute atomic E-state index is 0.226. The predicted molar refractivity (Wildman–Crippen MR) is 109 cm³/mol. The number of carbonyl (C=O) groups excluding carboxylic acids is 1. The third kappa shape index (κ3) is 4.91. The Morgan fingerprint density at radius 1 is 1.07 bits per heavy atom. The van der Waals surface area contributed by atoms with Gasteiger partial charge in [-0.25, -0.2) is 4.68 Å². The third-order valence-electron chi connectivity index (χ3n) is 4.34. The van der Waals surface area contributed by atoms with Crippen LogP contribution in [-0.4, -0.2) is 28.9 Å². The van der Waals surface area contributed by atoms with Crippen molar-refractivity contribution >= 4 is 11.7 Å². The normalized spacial score (nSPS) is 11.7. The molecule has 28 heavy (non-hydrogen) atoms. The van der Waals surface area contributed by atoms with Crippen molar-refractivity contribution in [1.29, 1.82) is 0 Å². The van der Waals surface area contributed by atoms with Crippen molar-refractivity contribution in [3.8, 4) is 11.5 Å². The van der Waals surface area contributed by atoms with Crippen molar-refractivity contribution in [3.05, 3.63) is 71.4 Å². The highest BCUT2D eigenvalue weighted by molar-refractivity contribution is 5.93. The zero-order chi connectivity index (χ0) is 20.1. The van der Waals surface area contributed by atoms with Gasteiger partial charge in [0, 0.05) is 6.07 Å². The molecule has 0 aliphatic heterocycles. The van der Waals surface area contributed by atoms with E-state index in [-0.39, 0.29) is 5.91 Å². The molecule has 2 aromatic carbocycles. The molecule has 6 nitrogen and oxygen atoms in total. The van der Waals surface area contributed by atoms with Gasteiger partial charge in [0.2, 0.25) is 0 Å². The van der Waals surface area contributed by atoms with Gasteiger partial charge < -0.3 is 14.8 Å². The highest BCUT2D eigenvalue weighted by atomic mass is 16.5. The minimum atomic E-state index is -0.634. The van der Waals surface area contributed by atoms with Gasteiger partial charge in [-0.15, -0.1) is 0 Å². The summed E-state index contributed by atoms with van der Waals surface area (Å²) in [5.41, 5.74) is 3.25. The number of hydrogen-bond acceptors (Lipinski definition) is 4. The summed E-state index contributed by atoms with van der Waals surface area (Å²) in [6.45, 7) is 6.28. The summed E-state index contributed by atoms with van der Waals surface area (Å²) in [5, 5.41) is 7.20. The second-order valence-corrected chi connectivity index (χ2v) is 6.79. The zero-order valence-electron chi connectivity index (χ0n) is 16.6. The maximum absolute atomic E-state index is 12.6. The fourth-order valence-corrected chi connectivity index (χ4v) is 2.96. The number of ether oxygens (including phenoxy) is 2. The fourth-order valence-electron chi connectivity index (χ4n) is 2.96. The van der Waals surface area contributed by atoms with Gasteiger partial charge in [0.1, 0.15) is 17.3 Å². The summed E-state index contributed by atoms with van der Waals surface area (Å²) in [6.07, 6.45) is 1.03. The molecule has 0 aliphatic rings. The minimum Gasteiger partial charge on any atom is -0.497 e. The van der Waals surface area contributed by atoms with Crippen molar-refractivity contribution in [2.75, 3.05) is 12.4 Å². The average molecular weight is 379 g/mol. The predicted octanol–water partition coefficient (Wildman–Crippen LogP) is 3.96. The summed E-state index contributed by atoms with van der Waals surface area (Å²) in [4.78, 5) is 12.6. The van der Waals surface area contributed by atoms with Crippen LogP contribution in [0.4, 0.5) is 5.82 Å². The van der Waals surface area contributed by atoms with Gasteiger partial charge >= 0.3 is 0 Å². The lowest BCUT2D eigenvalue weighted by molar-refractivity contribution is -0.122. The first-order chi connectivity index (χ1) is 13.4. The average Bonchev–Trinajstić information content (AvgIpc) is 3.08. The van der Waals surface area contributed by atoms with Crippen molar-refractivity contribution in [2.24, 2.45) is 0 Å². The van der Waals surface area contributed by atoms with E-state index < -0.39 is 6.10 Å². The molecule has 1 unspecified atom stereocenters. The molecule has 1 N–H and O–H groups in total. The second kappa shape index (κ2) is 8.61. The van der Waals surface area contributed by atoms with Gasteiger partial charge in [-0.1, -0.05) is 18.2 Å².